The average Bonchev–Trinajstić information content (AvgIpc) is 2.82. The Morgan fingerprint density at radius 2 is 1.70 bits per heavy atom. The molecule has 1 aliphatic rings. The van der Waals surface area contributed by atoms with Crippen LogP contribution in [0, 0.1) is 10.1 Å². The molecule has 1 heterocycles. The number of nitro groups is 1. The average molecular weight is 480 g/mol. The summed E-state index contributed by atoms with van der Waals surface area (Å²) < 4.78 is 48.8. The molecule has 0 bridgehead atoms. The van der Waals surface area contributed by atoms with Crippen molar-refractivity contribution in [2.24, 2.45) is 0 Å². The van der Waals surface area contributed by atoms with Crippen molar-refractivity contribution in [3.8, 4) is 17.2 Å². The maximum Gasteiger partial charge on any atom is 0.312 e. The lowest BCUT2D eigenvalue weighted by Gasteiger charge is -2.36. The zero-order valence-electron chi connectivity index (χ0n) is 18.6. The number of methoxy groups -OCH3 is 4. The summed E-state index contributed by atoms with van der Waals surface area (Å²) in [6.45, 7) is 0.0479. The van der Waals surface area contributed by atoms with E-state index in [0.717, 1.165) is 15.9 Å². The summed E-state index contributed by atoms with van der Waals surface area (Å²) in [6.07, 6.45) is 0.0846. The van der Waals surface area contributed by atoms with E-state index < -0.39 is 32.6 Å². The third-order valence-electron chi connectivity index (χ3n) is 5.49. The van der Waals surface area contributed by atoms with Crippen LogP contribution in [-0.4, -0.2) is 58.6 Å². The molecular weight excluding hydrogens is 456 g/mol. The molecule has 0 amide bonds. The van der Waals surface area contributed by atoms with E-state index in [1.807, 2.05) is 0 Å². The summed E-state index contributed by atoms with van der Waals surface area (Å²) in [5.41, 5.74) is 0.886. The van der Waals surface area contributed by atoms with Gasteiger partial charge < -0.3 is 18.9 Å². The van der Waals surface area contributed by atoms with Crippen LogP contribution < -0.4 is 14.2 Å². The molecule has 0 saturated carbocycles. The molecule has 33 heavy (non-hydrogen) atoms. The number of esters is 1. The Balaban J connectivity index is 2.14. The van der Waals surface area contributed by atoms with E-state index in [9.17, 15) is 23.3 Å². The Bertz CT molecular complexity index is 1180. The van der Waals surface area contributed by atoms with Gasteiger partial charge in [-0.15, -0.1) is 0 Å². The number of nitro benzene ring substituents is 1. The molecule has 1 unspecified atom stereocenters. The highest BCUT2D eigenvalue weighted by Crippen LogP contribution is 2.42. The fraction of sp³-hybridized carbons (Fsp3) is 0.381. The van der Waals surface area contributed by atoms with Crippen LogP contribution in [0.25, 0.3) is 0 Å². The van der Waals surface area contributed by atoms with Crippen LogP contribution in [-0.2, 0) is 26.0 Å². The van der Waals surface area contributed by atoms with Crippen molar-refractivity contribution in [3.63, 3.8) is 0 Å². The molecule has 3 rings (SSSR count). The van der Waals surface area contributed by atoms with Crippen LogP contribution in [0.5, 0.6) is 17.2 Å². The first-order valence-corrected chi connectivity index (χ1v) is 11.3. The number of ether oxygens (including phenoxy) is 4. The summed E-state index contributed by atoms with van der Waals surface area (Å²) in [6, 6.07) is 5.90. The summed E-state index contributed by atoms with van der Waals surface area (Å²) >= 11 is 0. The lowest BCUT2D eigenvalue weighted by molar-refractivity contribution is -0.386. The molecular formula is C21H24N2O9S. The van der Waals surface area contributed by atoms with E-state index in [-0.39, 0.29) is 23.6 Å². The lowest BCUT2D eigenvalue weighted by atomic mass is 9.91. The van der Waals surface area contributed by atoms with Crippen LogP contribution in [0.4, 0.5) is 5.69 Å². The quantitative estimate of drug-likeness (QED) is 0.317. The standard InChI is InChI=1S/C21H24N2O9S/c1-29-18-6-5-14(10-17(18)23(25)26)33(27,28)22-8-7-13-9-19(30-2)20(31-3)11-15(13)16(22)12-21(24)32-4/h5-6,9-11,16H,7-8,12H2,1-4H3. The minimum absolute atomic E-state index is 0.0479. The molecule has 1 aliphatic heterocycles. The van der Waals surface area contributed by atoms with Gasteiger partial charge in [0.1, 0.15) is 0 Å². The third-order valence-corrected chi connectivity index (χ3v) is 7.40. The minimum atomic E-state index is -4.23. The van der Waals surface area contributed by atoms with Gasteiger partial charge >= 0.3 is 11.7 Å². The molecule has 0 aromatic heterocycles. The predicted molar refractivity (Wildman–Crippen MR) is 116 cm³/mol. The van der Waals surface area contributed by atoms with Gasteiger partial charge in [0, 0.05) is 12.6 Å². The topological polar surface area (TPSA) is 135 Å². The van der Waals surface area contributed by atoms with E-state index in [0.29, 0.717) is 23.5 Å². The Kier molecular flexibility index (Phi) is 7.08. The third kappa shape index (κ3) is 4.57. The van der Waals surface area contributed by atoms with Gasteiger partial charge in [0.2, 0.25) is 10.0 Å². The summed E-state index contributed by atoms with van der Waals surface area (Å²) in [5.74, 6) is 0.190. The Morgan fingerprint density at radius 1 is 1.06 bits per heavy atom. The van der Waals surface area contributed by atoms with E-state index in [1.165, 1.54) is 40.6 Å². The van der Waals surface area contributed by atoms with Crippen LogP contribution in [0.2, 0.25) is 0 Å². The van der Waals surface area contributed by atoms with Crippen LogP contribution in [0.3, 0.4) is 0 Å². The van der Waals surface area contributed by atoms with Gasteiger partial charge in [0.15, 0.2) is 17.2 Å². The van der Waals surface area contributed by atoms with Gasteiger partial charge in [-0.25, -0.2) is 8.42 Å². The molecule has 0 spiro atoms. The predicted octanol–water partition coefficient (Wildman–Crippen LogP) is 2.47. The zero-order chi connectivity index (χ0) is 24.3. The normalized spacial score (nSPS) is 15.9. The van der Waals surface area contributed by atoms with E-state index >= 15 is 0 Å². The van der Waals surface area contributed by atoms with Crippen LogP contribution in [0.15, 0.2) is 35.2 Å². The molecule has 0 radical (unpaired) electrons. The largest absolute Gasteiger partial charge is 0.493 e. The Labute approximate surface area is 191 Å². The first-order chi connectivity index (χ1) is 15.7. The molecule has 178 valence electrons. The van der Waals surface area contributed by atoms with Crippen molar-refractivity contribution in [1.29, 1.82) is 0 Å². The van der Waals surface area contributed by atoms with Gasteiger partial charge in [-0.1, -0.05) is 0 Å². The van der Waals surface area contributed by atoms with Crippen LogP contribution >= 0.6 is 0 Å². The SMILES string of the molecule is COC(=O)CC1c2cc(OC)c(OC)cc2CCN1S(=O)(=O)c1ccc(OC)c([N+](=O)[O-])c1. The first kappa shape index (κ1) is 24.3. The maximum atomic E-state index is 13.6. The Hall–Kier alpha value is -3.38. The number of carbonyl (C=O) groups is 1. The van der Waals surface area contributed by atoms with Gasteiger partial charge in [-0.3, -0.25) is 14.9 Å². The molecule has 0 aliphatic carbocycles. The fourth-order valence-electron chi connectivity index (χ4n) is 3.85. The van der Waals surface area contributed by atoms with Crippen molar-refractivity contribution in [1.82, 2.24) is 4.31 Å². The van der Waals surface area contributed by atoms with E-state index in [1.54, 1.807) is 12.1 Å². The monoisotopic (exact) mass is 480 g/mol. The van der Waals surface area contributed by atoms with E-state index in [2.05, 4.69) is 0 Å². The second-order valence-electron chi connectivity index (χ2n) is 7.16. The molecule has 12 heteroatoms. The molecule has 0 N–H and O–H groups in total. The van der Waals surface area contributed by atoms with Crippen molar-refractivity contribution in [2.75, 3.05) is 35.0 Å². The summed E-state index contributed by atoms with van der Waals surface area (Å²) in [4.78, 5) is 22.6. The number of rotatable bonds is 8. The number of benzene rings is 2. The van der Waals surface area contributed by atoms with Gasteiger partial charge in [-0.2, -0.15) is 4.31 Å². The number of sulfonamides is 1. The first-order valence-electron chi connectivity index (χ1n) is 9.83. The van der Waals surface area contributed by atoms with Crippen molar-refractivity contribution in [3.05, 3.63) is 51.6 Å². The number of nitrogens with zero attached hydrogens (tertiary/aromatic N) is 2. The molecule has 1 atom stereocenters. The fourth-order valence-corrected chi connectivity index (χ4v) is 5.48. The highest BCUT2D eigenvalue weighted by molar-refractivity contribution is 7.89. The van der Waals surface area contributed by atoms with Gasteiger partial charge in [0.25, 0.3) is 0 Å². The lowest BCUT2D eigenvalue weighted by Crippen LogP contribution is -2.41. The molecule has 2 aromatic carbocycles. The smallest absolute Gasteiger partial charge is 0.312 e. The second kappa shape index (κ2) is 9.63. The summed E-state index contributed by atoms with van der Waals surface area (Å²) in [7, 11) is 1.18. The molecule has 11 nitrogen and oxygen atoms in total. The van der Waals surface area contributed by atoms with E-state index in [4.69, 9.17) is 18.9 Å². The van der Waals surface area contributed by atoms with Gasteiger partial charge in [-0.05, 0) is 41.8 Å². The Morgan fingerprint density at radius 3 is 2.27 bits per heavy atom. The molecule has 0 fully saturated rings. The van der Waals surface area contributed by atoms with Crippen molar-refractivity contribution >= 4 is 21.7 Å². The molecule has 2 aromatic rings. The molecule has 0 saturated heterocycles. The van der Waals surface area contributed by atoms with Crippen molar-refractivity contribution in [2.45, 2.75) is 23.8 Å². The summed E-state index contributed by atoms with van der Waals surface area (Å²) in [5, 5.41) is 11.4. The number of hydrogen-bond acceptors (Lipinski definition) is 9. The zero-order valence-corrected chi connectivity index (χ0v) is 19.4. The number of carbonyl (C=O) groups excluding carboxylic acids is 1. The minimum Gasteiger partial charge on any atom is -0.493 e. The highest BCUT2D eigenvalue weighted by atomic mass is 32.2. The number of hydrogen-bond donors (Lipinski definition) is 0. The van der Waals surface area contributed by atoms with Crippen molar-refractivity contribution < 1.29 is 37.1 Å². The van der Waals surface area contributed by atoms with Crippen LogP contribution in [0.1, 0.15) is 23.6 Å². The maximum absolute atomic E-state index is 13.6. The highest BCUT2D eigenvalue weighted by Gasteiger charge is 2.39. The number of fused-ring (bicyclic) bond motifs is 1. The van der Waals surface area contributed by atoms with Gasteiger partial charge in [0.05, 0.1) is 50.7 Å². The second-order valence-corrected chi connectivity index (χ2v) is 9.05.